The molecule has 6 nitrogen and oxygen atoms in total. The number of aromatic nitrogens is 1. The monoisotopic (exact) mass is 495 g/mol. The van der Waals surface area contributed by atoms with Crippen molar-refractivity contribution < 1.29 is 14.3 Å². The molecule has 5 rings (SSSR count). The lowest BCUT2D eigenvalue weighted by atomic mass is 9.99. The van der Waals surface area contributed by atoms with Crippen LogP contribution in [0, 0.1) is 0 Å². The van der Waals surface area contributed by atoms with Crippen molar-refractivity contribution in [3.05, 3.63) is 70.4 Å². The van der Waals surface area contributed by atoms with E-state index in [0.29, 0.717) is 17.9 Å². The zero-order valence-electron chi connectivity index (χ0n) is 18.1. The Balaban J connectivity index is 1.43. The third-order valence-electron chi connectivity index (χ3n) is 5.36. The molecule has 0 radical (unpaired) electrons. The number of hydrazone groups is 1. The second-order valence-corrected chi connectivity index (χ2v) is 10.5. The summed E-state index contributed by atoms with van der Waals surface area (Å²) >= 11 is 4.67. The minimum Gasteiger partial charge on any atom is -0.493 e. The number of amides is 1. The van der Waals surface area contributed by atoms with Crippen LogP contribution in [0.2, 0.25) is 0 Å². The van der Waals surface area contributed by atoms with E-state index in [1.165, 1.54) is 11.8 Å². The Bertz CT molecular complexity index is 1280. The summed E-state index contributed by atoms with van der Waals surface area (Å²) in [7, 11) is 3.23. The van der Waals surface area contributed by atoms with Gasteiger partial charge >= 0.3 is 0 Å². The largest absolute Gasteiger partial charge is 0.493 e. The van der Waals surface area contributed by atoms with Gasteiger partial charge in [-0.05, 0) is 29.6 Å². The number of carbonyl (C=O) groups is 1. The van der Waals surface area contributed by atoms with E-state index in [9.17, 15) is 4.79 Å². The predicted molar refractivity (Wildman–Crippen MR) is 135 cm³/mol. The van der Waals surface area contributed by atoms with Gasteiger partial charge in [-0.15, -0.1) is 22.7 Å². The Morgan fingerprint density at radius 3 is 2.76 bits per heavy atom. The summed E-state index contributed by atoms with van der Waals surface area (Å²) in [6, 6.07) is 17.5. The van der Waals surface area contributed by atoms with Crippen LogP contribution < -0.4 is 9.47 Å². The van der Waals surface area contributed by atoms with Crippen LogP contribution in [0.4, 0.5) is 0 Å². The van der Waals surface area contributed by atoms with Gasteiger partial charge in [-0.25, -0.2) is 9.99 Å². The van der Waals surface area contributed by atoms with Crippen LogP contribution in [0.3, 0.4) is 0 Å². The van der Waals surface area contributed by atoms with E-state index in [1.807, 2.05) is 60.0 Å². The number of carbonyl (C=O) groups excluding carboxylic acids is 1. The maximum Gasteiger partial charge on any atom is 0.253 e. The summed E-state index contributed by atoms with van der Waals surface area (Å²) in [6.07, 6.45) is 0.613. The van der Waals surface area contributed by atoms with Gasteiger partial charge in [0.25, 0.3) is 5.91 Å². The first kappa shape index (κ1) is 21.9. The maximum absolute atomic E-state index is 13.4. The lowest BCUT2D eigenvalue weighted by molar-refractivity contribution is -0.130. The maximum atomic E-state index is 13.4. The fraction of sp³-hybridized carbons (Fsp3) is 0.208. The topological polar surface area (TPSA) is 64.0 Å². The van der Waals surface area contributed by atoms with E-state index < -0.39 is 0 Å². The van der Waals surface area contributed by atoms with Gasteiger partial charge in [0.2, 0.25) is 0 Å². The van der Waals surface area contributed by atoms with Crippen molar-refractivity contribution in [2.45, 2.75) is 16.8 Å². The number of rotatable bonds is 7. The molecule has 0 saturated heterocycles. The Morgan fingerprint density at radius 2 is 2.00 bits per heavy atom. The number of hydrogen-bond donors (Lipinski definition) is 0. The smallest absolute Gasteiger partial charge is 0.253 e. The van der Waals surface area contributed by atoms with Gasteiger partial charge in [-0.2, -0.15) is 5.10 Å². The van der Waals surface area contributed by atoms with Crippen LogP contribution in [0.25, 0.3) is 10.2 Å². The molecular formula is C24H21N3O3S3. The quantitative estimate of drug-likeness (QED) is 0.301. The number of benzene rings is 2. The number of fused-ring (bicyclic) bond motifs is 1. The van der Waals surface area contributed by atoms with E-state index in [2.05, 4.69) is 4.98 Å². The second-order valence-electron chi connectivity index (χ2n) is 7.30. The Morgan fingerprint density at radius 1 is 1.12 bits per heavy atom. The number of thiophene rings is 1. The first-order chi connectivity index (χ1) is 16.2. The molecule has 0 fully saturated rings. The average molecular weight is 496 g/mol. The summed E-state index contributed by atoms with van der Waals surface area (Å²) < 4.78 is 13.2. The molecule has 2 aromatic heterocycles. The van der Waals surface area contributed by atoms with Crippen LogP contribution in [0.5, 0.6) is 11.5 Å². The number of ether oxygens (including phenoxy) is 2. The number of para-hydroxylation sites is 2. The molecule has 168 valence electrons. The van der Waals surface area contributed by atoms with Crippen LogP contribution in [0.15, 0.2) is 69.4 Å². The van der Waals surface area contributed by atoms with Crippen molar-refractivity contribution in [1.82, 2.24) is 9.99 Å². The average Bonchev–Trinajstić information content (AvgIpc) is 3.60. The molecule has 1 aliphatic rings. The van der Waals surface area contributed by atoms with E-state index in [0.717, 1.165) is 30.7 Å². The van der Waals surface area contributed by atoms with E-state index >= 15 is 0 Å². The molecule has 1 aliphatic heterocycles. The van der Waals surface area contributed by atoms with Crippen LogP contribution in [-0.2, 0) is 4.79 Å². The van der Waals surface area contributed by atoms with Crippen molar-refractivity contribution in [3.8, 4) is 11.5 Å². The zero-order chi connectivity index (χ0) is 22.8. The molecule has 0 saturated carbocycles. The third-order valence-corrected chi connectivity index (χ3v) is 8.44. The summed E-state index contributed by atoms with van der Waals surface area (Å²) in [5.74, 6) is 1.45. The number of thiazole rings is 1. The van der Waals surface area contributed by atoms with Crippen LogP contribution in [-0.4, -0.2) is 41.6 Å². The highest BCUT2D eigenvalue weighted by Crippen LogP contribution is 2.42. The van der Waals surface area contributed by atoms with E-state index in [-0.39, 0.29) is 17.7 Å². The van der Waals surface area contributed by atoms with Crippen molar-refractivity contribution in [2.75, 3.05) is 20.0 Å². The van der Waals surface area contributed by atoms with Gasteiger partial charge in [0.15, 0.2) is 15.8 Å². The number of nitrogens with zero attached hydrogens (tertiary/aromatic N) is 3. The lowest BCUT2D eigenvalue weighted by Gasteiger charge is -2.24. The Labute approximate surface area is 203 Å². The highest BCUT2D eigenvalue weighted by atomic mass is 32.2. The molecule has 9 heteroatoms. The van der Waals surface area contributed by atoms with Gasteiger partial charge in [-0.3, -0.25) is 4.79 Å². The first-order valence-corrected chi connectivity index (χ1v) is 13.0. The Hall–Kier alpha value is -2.88. The number of hydrogen-bond acceptors (Lipinski definition) is 8. The highest BCUT2D eigenvalue weighted by Gasteiger charge is 2.35. The first-order valence-electron chi connectivity index (χ1n) is 10.3. The van der Waals surface area contributed by atoms with Gasteiger partial charge in [0.05, 0.1) is 46.8 Å². The Kier molecular flexibility index (Phi) is 6.34. The predicted octanol–water partition coefficient (Wildman–Crippen LogP) is 5.85. The molecule has 33 heavy (non-hydrogen) atoms. The van der Waals surface area contributed by atoms with Crippen molar-refractivity contribution >= 4 is 56.3 Å². The van der Waals surface area contributed by atoms with Gasteiger partial charge in [-0.1, -0.05) is 42.1 Å². The molecule has 3 heterocycles. The molecule has 4 aromatic rings. The van der Waals surface area contributed by atoms with Crippen LogP contribution in [0.1, 0.15) is 22.9 Å². The van der Waals surface area contributed by atoms with Gasteiger partial charge < -0.3 is 9.47 Å². The molecule has 0 spiro atoms. The van der Waals surface area contributed by atoms with Crippen molar-refractivity contribution in [1.29, 1.82) is 0 Å². The third kappa shape index (κ3) is 4.36. The van der Waals surface area contributed by atoms with Gasteiger partial charge in [0.1, 0.15) is 0 Å². The fourth-order valence-electron chi connectivity index (χ4n) is 3.85. The SMILES string of the molecule is COc1cccc([C@@H]2CC(c3cccs3)=NN2C(=O)CSc2nc3ccccc3s2)c1OC. The summed E-state index contributed by atoms with van der Waals surface area (Å²) in [4.78, 5) is 19.1. The lowest BCUT2D eigenvalue weighted by Crippen LogP contribution is -2.28. The number of methoxy groups -OCH3 is 2. The summed E-state index contributed by atoms with van der Waals surface area (Å²) in [6.45, 7) is 0. The molecule has 0 N–H and O–H groups in total. The molecule has 0 aliphatic carbocycles. The van der Waals surface area contributed by atoms with E-state index in [1.54, 1.807) is 41.9 Å². The minimum absolute atomic E-state index is 0.0688. The standard InChI is InChI=1S/C24H21N3O3S3/c1-29-19-9-5-7-15(23(19)30-2)18-13-17(20-11-6-12-31-20)26-27(18)22(28)14-32-24-25-16-8-3-4-10-21(16)33-24/h3-12,18H,13-14H2,1-2H3/t18-/m0/s1. The molecular weight excluding hydrogens is 474 g/mol. The van der Waals surface area contributed by atoms with Crippen molar-refractivity contribution in [2.24, 2.45) is 5.10 Å². The fourth-order valence-corrected chi connectivity index (χ4v) is 6.49. The molecule has 1 atom stereocenters. The molecule has 0 bridgehead atoms. The summed E-state index contributed by atoms with van der Waals surface area (Å²) in [5.41, 5.74) is 2.74. The second kappa shape index (κ2) is 9.54. The number of thioether (sulfide) groups is 1. The molecule has 0 unspecified atom stereocenters. The molecule has 2 aromatic carbocycles. The normalized spacial score (nSPS) is 15.6. The van der Waals surface area contributed by atoms with E-state index in [4.69, 9.17) is 14.6 Å². The minimum atomic E-state index is -0.268. The molecule has 1 amide bonds. The van der Waals surface area contributed by atoms with Crippen LogP contribution >= 0.6 is 34.4 Å². The highest BCUT2D eigenvalue weighted by molar-refractivity contribution is 8.01. The van der Waals surface area contributed by atoms with Crippen molar-refractivity contribution in [3.63, 3.8) is 0 Å². The van der Waals surface area contributed by atoms with Gasteiger partial charge in [0, 0.05) is 12.0 Å². The zero-order valence-corrected chi connectivity index (χ0v) is 20.5. The summed E-state index contributed by atoms with van der Waals surface area (Å²) in [5, 5.41) is 8.38.